The molecule has 6 heteroatoms. The number of thiazole rings is 1. The van der Waals surface area contributed by atoms with E-state index >= 15 is 0 Å². The van der Waals surface area contributed by atoms with Crippen LogP contribution in [0.5, 0.6) is 0 Å². The van der Waals surface area contributed by atoms with Crippen LogP contribution in [0.15, 0.2) is 5.38 Å². The number of hydrogen-bond donors (Lipinski definition) is 2. The van der Waals surface area contributed by atoms with Crippen LogP contribution < -0.4 is 10.6 Å². The Morgan fingerprint density at radius 1 is 1.36 bits per heavy atom. The second kappa shape index (κ2) is 6.36. The summed E-state index contributed by atoms with van der Waals surface area (Å²) in [7, 11) is 0. The number of hydrogen-bond acceptors (Lipinski definition) is 4. The Hall–Kier alpha value is -1.43. The van der Waals surface area contributed by atoms with Gasteiger partial charge < -0.3 is 10.6 Å². The van der Waals surface area contributed by atoms with Crippen molar-refractivity contribution in [2.45, 2.75) is 69.9 Å². The predicted molar refractivity (Wildman–Crippen MR) is 85.5 cm³/mol. The van der Waals surface area contributed by atoms with Crippen LogP contribution in [0.1, 0.15) is 62.1 Å². The van der Waals surface area contributed by atoms with Gasteiger partial charge in [0.1, 0.15) is 11.0 Å². The van der Waals surface area contributed by atoms with E-state index in [1.165, 1.54) is 12.8 Å². The maximum atomic E-state index is 12.6. The van der Waals surface area contributed by atoms with E-state index in [0.29, 0.717) is 12.8 Å². The van der Waals surface area contributed by atoms with E-state index in [1.54, 1.807) is 11.3 Å². The average Bonchev–Trinajstić information content (AvgIpc) is 3.04. The number of nitrogens with zero attached hydrogens (tertiary/aromatic N) is 1. The number of carbonyl (C=O) groups excluding carboxylic acids is 2. The van der Waals surface area contributed by atoms with Crippen molar-refractivity contribution >= 4 is 23.2 Å². The molecule has 1 atom stereocenters. The van der Waals surface area contributed by atoms with E-state index in [0.717, 1.165) is 36.4 Å². The highest BCUT2D eigenvalue weighted by atomic mass is 32.1. The summed E-state index contributed by atoms with van der Waals surface area (Å²) >= 11 is 1.64. The molecule has 1 saturated carbocycles. The fourth-order valence-electron chi connectivity index (χ4n) is 3.43. The van der Waals surface area contributed by atoms with Gasteiger partial charge in [-0.05, 0) is 26.2 Å². The molecule has 2 aliphatic rings. The minimum Gasteiger partial charge on any atom is -0.344 e. The maximum Gasteiger partial charge on any atom is 0.243 e. The summed E-state index contributed by atoms with van der Waals surface area (Å²) in [4.78, 5) is 28.6. The number of aryl methyl sites for hydroxylation is 1. The van der Waals surface area contributed by atoms with Crippen LogP contribution in [0, 0.1) is 6.92 Å². The summed E-state index contributed by atoms with van der Waals surface area (Å²) < 4.78 is 0. The predicted octanol–water partition coefficient (Wildman–Crippen LogP) is 2.40. The van der Waals surface area contributed by atoms with Crippen LogP contribution in [-0.2, 0) is 15.1 Å². The van der Waals surface area contributed by atoms with Crippen molar-refractivity contribution in [2.24, 2.45) is 0 Å². The summed E-state index contributed by atoms with van der Waals surface area (Å²) in [5.74, 6) is -0.0826. The molecule has 1 aliphatic carbocycles. The molecule has 1 aliphatic heterocycles. The molecule has 2 N–H and O–H groups in total. The standard InChI is InChI=1S/C16H23N3O2S/c1-11-10-22-15(17-11)16(8-4-2-3-5-9-16)19-14(21)12-6-7-13(20)18-12/h10,12H,2-9H2,1H3,(H,18,20)(H,19,21). The first-order chi connectivity index (χ1) is 10.6. The first-order valence-electron chi connectivity index (χ1n) is 8.13. The van der Waals surface area contributed by atoms with Crippen LogP contribution in [0.2, 0.25) is 0 Å². The molecule has 5 nitrogen and oxygen atoms in total. The minimum absolute atomic E-state index is 0.0276. The van der Waals surface area contributed by atoms with Crippen molar-refractivity contribution < 1.29 is 9.59 Å². The molecule has 0 spiro atoms. The van der Waals surface area contributed by atoms with Gasteiger partial charge in [0.2, 0.25) is 11.8 Å². The van der Waals surface area contributed by atoms with Crippen molar-refractivity contribution in [3.63, 3.8) is 0 Å². The molecule has 1 saturated heterocycles. The largest absolute Gasteiger partial charge is 0.344 e. The molecule has 1 aromatic heterocycles. The number of aromatic nitrogens is 1. The normalized spacial score (nSPS) is 24.6. The fourth-order valence-corrected chi connectivity index (χ4v) is 4.44. The monoisotopic (exact) mass is 321 g/mol. The zero-order chi connectivity index (χ0) is 15.6. The van der Waals surface area contributed by atoms with Gasteiger partial charge in [-0.1, -0.05) is 25.7 Å². The molecule has 2 heterocycles. The Bertz CT molecular complexity index is 561. The van der Waals surface area contributed by atoms with Crippen molar-refractivity contribution in [3.05, 3.63) is 16.1 Å². The van der Waals surface area contributed by atoms with Gasteiger partial charge in [-0.15, -0.1) is 11.3 Å². The number of amides is 2. The topological polar surface area (TPSA) is 71.1 Å². The highest BCUT2D eigenvalue weighted by Gasteiger charge is 2.39. The third-order valence-electron chi connectivity index (χ3n) is 4.66. The Balaban J connectivity index is 1.82. The quantitative estimate of drug-likeness (QED) is 0.840. The van der Waals surface area contributed by atoms with Crippen molar-refractivity contribution in [3.8, 4) is 0 Å². The van der Waals surface area contributed by atoms with E-state index in [1.807, 2.05) is 12.3 Å². The van der Waals surface area contributed by atoms with Gasteiger partial charge in [0, 0.05) is 17.5 Å². The summed E-state index contributed by atoms with van der Waals surface area (Å²) in [5, 5.41) is 9.09. The molecular formula is C16H23N3O2S. The lowest BCUT2D eigenvalue weighted by Gasteiger charge is -2.33. The molecule has 1 aromatic rings. The van der Waals surface area contributed by atoms with Crippen LogP contribution in [-0.4, -0.2) is 22.8 Å². The van der Waals surface area contributed by atoms with Crippen LogP contribution in [0.3, 0.4) is 0 Å². The van der Waals surface area contributed by atoms with Gasteiger partial charge in [-0.2, -0.15) is 0 Å². The van der Waals surface area contributed by atoms with Crippen molar-refractivity contribution in [1.82, 2.24) is 15.6 Å². The average molecular weight is 321 g/mol. The van der Waals surface area contributed by atoms with Crippen LogP contribution >= 0.6 is 11.3 Å². The molecule has 2 fully saturated rings. The molecule has 120 valence electrons. The molecule has 2 amide bonds. The minimum atomic E-state index is -0.381. The van der Waals surface area contributed by atoms with E-state index in [2.05, 4.69) is 15.6 Å². The van der Waals surface area contributed by atoms with E-state index in [4.69, 9.17) is 0 Å². The van der Waals surface area contributed by atoms with Gasteiger partial charge >= 0.3 is 0 Å². The Morgan fingerprint density at radius 3 is 2.64 bits per heavy atom. The summed E-state index contributed by atoms with van der Waals surface area (Å²) in [5.41, 5.74) is 0.659. The summed E-state index contributed by atoms with van der Waals surface area (Å²) in [6, 6.07) is -0.381. The van der Waals surface area contributed by atoms with E-state index < -0.39 is 0 Å². The third-order valence-corrected chi connectivity index (χ3v) is 5.82. The zero-order valence-electron chi connectivity index (χ0n) is 13.0. The lowest BCUT2D eigenvalue weighted by molar-refractivity contribution is -0.127. The number of nitrogens with one attached hydrogen (secondary N) is 2. The highest BCUT2D eigenvalue weighted by Crippen LogP contribution is 2.37. The molecule has 0 aromatic carbocycles. The lowest BCUT2D eigenvalue weighted by Crippen LogP contribution is -2.51. The SMILES string of the molecule is Cc1csc(C2(NC(=O)C3CCC(=O)N3)CCCCCC2)n1. The van der Waals surface area contributed by atoms with Gasteiger partial charge in [0.05, 0.1) is 5.54 Å². The van der Waals surface area contributed by atoms with Gasteiger partial charge in [-0.25, -0.2) is 4.98 Å². The first kappa shape index (κ1) is 15.5. The molecule has 0 bridgehead atoms. The lowest BCUT2D eigenvalue weighted by atomic mass is 9.90. The van der Waals surface area contributed by atoms with Crippen molar-refractivity contribution in [1.29, 1.82) is 0 Å². The van der Waals surface area contributed by atoms with Gasteiger partial charge in [0.15, 0.2) is 0 Å². The van der Waals surface area contributed by atoms with Gasteiger partial charge in [-0.3, -0.25) is 9.59 Å². The Morgan fingerprint density at radius 2 is 2.09 bits per heavy atom. The van der Waals surface area contributed by atoms with Gasteiger partial charge in [0.25, 0.3) is 0 Å². The summed E-state index contributed by atoms with van der Waals surface area (Å²) in [6.07, 6.45) is 7.55. The zero-order valence-corrected chi connectivity index (χ0v) is 13.8. The van der Waals surface area contributed by atoms with Crippen LogP contribution in [0.25, 0.3) is 0 Å². The van der Waals surface area contributed by atoms with Crippen LogP contribution in [0.4, 0.5) is 0 Å². The molecule has 22 heavy (non-hydrogen) atoms. The Labute approximate surface area is 134 Å². The number of rotatable bonds is 3. The van der Waals surface area contributed by atoms with E-state index in [9.17, 15) is 9.59 Å². The first-order valence-corrected chi connectivity index (χ1v) is 9.01. The molecular weight excluding hydrogens is 298 g/mol. The second-order valence-corrected chi connectivity index (χ2v) is 7.30. The fraction of sp³-hybridized carbons (Fsp3) is 0.688. The van der Waals surface area contributed by atoms with Crippen molar-refractivity contribution in [2.75, 3.05) is 0 Å². The molecule has 0 radical (unpaired) electrons. The summed E-state index contributed by atoms with van der Waals surface area (Å²) in [6.45, 7) is 1.99. The maximum absolute atomic E-state index is 12.6. The molecule has 3 rings (SSSR count). The van der Waals surface area contributed by atoms with E-state index in [-0.39, 0.29) is 23.4 Å². The molecule has 1 unspecified atom stereocenters. The Kier molecular flexibility index (Phi) is 4.47. The highest BCUT2D eigenvalue weighted by molar-refractivity contribution is 7.09. The second-order valence-electron chi connectivity index (χ2n) is 6.44. The smallest absolute Gasteiger partial charge is 0.243 e. The third kappa shape index (κ3) is 3.16. The number of carbonyl (C=O) groups is 2.